The number of hydrogen-bond acceptors (Lipinski definition) is 2. The Morgan fingerprint density at radius 1 is 1.10 bits per heavy atom. The van der Waals surface area contributed by atoms with Crippen molar-refractivity contribution in [3.8, 4) is 0 Å². The topological polar surface area (TPSA) is 57.6 Å². The Morgan fingerprint density at radius 2 is 1.70 bits per heavy atom. The Bertz CT molecular complexity index is 355. The molecule has 2 aliphatic carbocycles. The number of hydrogen-bond donors (Lipinski definition) is 1. The van der Waals surface area contributed by atoms with Gasteiger partial charge < -0.3 is 10.0 Å². The zero-order valence-corrected chi connectivity index (χ0v) is 12.6. The van der Waals surface area contributed by atoms with E-state index in [1.165, 1.54) is 12.8 Å². The summed E-state index contributed by atoms with van der Waals surface area (Å²) in [5.74, 6) is -0.711. The van der Waals surface area contributed by atoms with E-state index in [-0.39, 0.29) is 12.3 Å². The molecule has 114 valence electrons. The maximum absolute atomic E-state index is 12.6. The molecule has 0 unspecified atom stereocenters. The third-order valence-electron chi connectivity index (χ3n) is 5.18. The first-order chi connectivity index (χ1) is 9.59. The maximum Gasteiger partial charge on any atom is 0.310 e. The van der Waals surface area contributed by atoms with Crippen molar-refractivity contribution >= 4 is 11.9 Å². The van der Waals surface area contributed by atoms with Crippen LogP contribution >= 0.6 is 0 Å². The first-order valence-corrected chi connectivity index (χ1v) is 8.12. The Labute approximate surface area is 121 Å². The quantitative estimate of drug-likeness (QED) is 0.842. The lowest BCUT2D eigenvalue weighted by Crippen LogP contribution is -2.44. The van der Waals surface area contributed by atoms with Gasteiger partial charge in [0.25, 0.3) is 0 Å². The fourth-order valence-electron chi connectivity index (χ4n) is 3.94. The second-order valence-electron chi connectivity index (χ2n) is 6.44. The zero-order chi connectivity index (χ0) is 14.6. The van der Waals surface area contributed by atoms with Crippen molar-refractivity contribution in [2.24, 2.45) is 5.41 Å². The van der Waals surface area contributed by atoms with Gasteiger partial charge in [-0.05, 0) is 32.6 Å². The number of carboxylic acid groups (broad SMARTS) is 1. The summed E-state index contributed by atoms with van der Waals surface area (Å²) in [5.41, 5.74) is -0.790. The predicted molar refractivity (Wildman–Crippen MR) is 77.4 cm³/mol. The molecule has 0 saturated heterocycles. The fourth-order valence-corrected chi connectivity index (χ4v) is 3.94. The molecule has 2 fully saturated rings. The highest BCUT2D eigenvalue weighted by Gasteiger charge is 2.42. The maximum atomic E-state index is 12.6. The summed E-state index contributed by atoms with van der Waals surface area (Å²) in [4.78, 5) is 26.2. The van der Waals surface area contributed by atoms with E-state index in [1.54, 1.807) is 0 Å². The first kappa shape index (κ1) is 15.3. The monoisotopic (exact) mass is 281 g/mol. The van der Waals surface area contributed by atoms with E-state index in [9.17, 15) is 14.7 Å². The summed E-state index contributed by atoms with van der Waals surface area (Å²) >= 11 is 0. The van der Waals surface area contributed by atoms with Crippen LogP contribution in [-0.4, -0.2) is 34.5 Å². The Morgan fingerprint density at radius 3 is 2.20 bits per heavy atom. The van der Waals surface area contributed by atoms with E-state index in [0.717, 1.165) is 32.1 Å². The minimum atomic E-state index is -0.790. The van der Waals surface area contributed by atoms with E-state index in [0.29, 0.717) is 25.4 Å². The van der Waals surface area contributed by atoms with Crippen molar-refractivity contribution in [2.45, 2.75) is 77.2 Å². The number of carbonyl (C=O) groups is 2. The number of aliphatic carboxylic acids is 1. The normalized spacial score (nSPS) is 22.6. The molecule has 1 N–H and O–H groups in total. The summed E-state index contributed by atoms with van der Waals surface area (Å²) in [6.45, 7) is 2.71. The lowest BCUT2D eigenvalue weighted by Gasteiger charge is -2.36. The highest BCUT2D eigenvalue weighted by Crippen LogP contribution is 2.40. The van der Waals surface area contributed by atoms with Gasteiger partial charge in [0.1, 0.15) is 0 Å². The minimum Gasteiger partial charge on any atom is -0.481 e. The average Bonchev–Trinajstić information content (AvgIpc) is 2.94. The molecule has 20 heavy (non-hydrogen) atoms. The van der Waals surface area contributed by atoms with E-state index in [2.05, 4.69) is 0 Å². The molecule has 2 rings (SSSR count). The Hall–Kier alpha value is -1.06. The minimum absolute atomic E-state index is 0.0590. The van der Waals surface area contributed by atoms with Gasteiger partial charge in [-0.15, -0.1) is 0 Å². The molecule has 0 aromatic carbocycles. The third kappa shape index (κ3) is 3.15. The molecule has 4 nitrogen and oxygen atoms in total. The van der Waals surface area contributed by atoms with Gasteiger partial charge in [-0.25, -0.2) is 0 Å². The van der Waals surface area contributed by atoms with Crippen LogP contribution < -0.4 is 0 Å². The molecule has 0 bridgehead atoms. The lowest BCUT2D eigenvalue weighted by molar-refractivity contribution is -0.156. The van der Waals surface area contributed by atoms with Gasteiger partial charge in [0, 0.05) is 19.0 Å². The molecule has 0 aromatic rings. The van der Waals surface area contributed by atoms with Crippen LogP contribution in [0.4, 0.5) is 0 Å². The molecule has 2 saturated carbocycles. The van der Waals surface area contributed by atoms with Crippen LogP contribution in [0.5, 0.6) is 0 Å². The molecular weight excluding hydrogens is 254 g/mol. The van der Waals surface area contributed by atoms with Gasteiger partial charge in [-0.3, -0.25) is 9.59 Å². The standard InChI is InChI=1S/C16H27NO3/c1-2-17(13-8-4-5-9-13)14(18)12-16(15(19)20)10-6-3-7-11-16/h13H,2-12H2,1H3,(H,19,20). The number of carboxylic acids is 1. The van der Waals surface area contributed by atoms with Gasteiger partial charge in [0.15, 0.2) is 0 Å². The number of rotatable bonds is 5. The molecule has 0 heterocycles. The number of nitrogens with zero attached hydrogens (tertiary/aromatic N) is 1. The molecule has 4 heteroatoms. The second-order valence-corrected chi connectivity index (χ2v) is 6.44. The first-order valence-electron chi connectivity index (χ1n) is 8.12. The highest BCUT2D eigenvalue weighted by molar-refractivity contribution is 5.85. The summed E-state index contributed by atoms with van der Waals surface area (Å²) < 4.78 is 0. The van der Waals surface area contributed by atoms with E-state index < -0.39 is 11.4 Å². The molecule has 2 aliphatic rings. The van der Waals surface area contributed by atoms with Crippen LogP contribution in [-0.2, 0) is 9.59 Å². The molecular formula is C16H27NO3. The van der Waals surface area contributed by atoms with Crippen molar-refractivity contribution in [2.75, 3.05) is 6.54 Å². The largest absolute Gasteiger partial charge is 0.481 e. The Balaban J connectivity index is 2.04. The van der Waals surface area contributed by atoms with Crippen LogP contribution in [0.25, 0.3) is 0 Å². The van der Waals surface area contributed by atoms with Gasteiger partial charge in [0.2, 0.25) is 5.91 Å². The van der Waals surface area contributed by atoms with Crippen LogP contribution in [0.1, 0.15) is 71.1 Å². The average molecular weight is 281 g/mol. The molecule has 0 aromatic heterocycles. The van der Waals surface area contributed by atoms with E-state index in [4.69, 9.17) is 0 Å². The molecule has 0 radical (unpaired) electrons. The van der Waals surface area contributed by atoms with Crippen molar-refractivity contribution in [3.05, 3.63) is 0 Å². The van der Waals surface area contributed by atoms with Crippen molar-refractivity contribution in [1.29, 1.82) is 0 Å². The molecule has 0 spiro atoms. The van der Waals surface area contributed by atoms with Crippen LogP contribution in [0, 0.1) is 5.41 Å². The fraction of sp³-hybridized carbons (Fsp3) is 0.875. The smallest absolute Gasteiger partial charge is 0.310 e. The SMILES string of the molecule is CCN(C(=O)CC1(C(=O)O)CCCCC1)C1CCCC1. The van der Waals surface area contributed by atoms with Gasteiger partial charge in [-0.1, -0.05) is 32.1 Å². The van der Waals surface area contributed by atoms with Gasteiger partial charge in [-0.2, -0.15) is 0 Å². The van der Waals surface area contributed by atoms with E-state index in [1.807, 2.05) is 11.8 Å². The summed E-state index contributed by atoms with van der Waals surface area (Å²) in [7, 11) is 0. The molecule has 0 atom stereocenters. The molecule has 0 aliphatic heterocycles. The van der Waals surface area contributed by atoms with Crippen LogP contribution in [0.2, 0.25) is 0 Å². The van der Waals surface area contributed by atoms with Crippen LogP contribution in [0.15, 0.2) is 0 Å². The van der Waals surface area contributed by atoms with Crippen LogP contribution in [0.3, 0.4) is 0 Å². The zero-order valence-electron chi connectivity index (χ0n) is 12.6. The number of carbonyl (C=O) groups excluding carboxylic acids is 1. The summed E-state index contributed by atoms with van der Waals surface area (Å²) in [6.07, 6.45) is 9.06. The van der Waals surface area contributed by atoms with Gasteiger partial charge in [0.05, 0.1) is 5.41 Å². The highest BCUT2D eigenvalue weighted by atomic mass is 16.4. The van der Waals surface area contributed by atoms with Crippen molar-refractivity contribution in [1.82, 2.24) is 4.90 Å². The second kappa shape index (κ2) is 6.59. The Kier molecular flexibility index (Phi) is 5.06. The predicted octanol–water partition coefficient (Wildman–Crippen LogP) is 3.20. The van der Waals surface area contributed by atoms with Gasteiger partial charge >= 0.3 is 5.97 Å². The lowest BCUT2D eigenvalue weighted by atomic mass is 9.71. The summed E-state index contributed by atoms with van der Waals surface area (Å²) in [5, 5.41) is 9.59. The summed E-state index contributed by atoms with van der Waals surface area (Å²) in [6, 6.07) is 0.349. The third-order valence-corrected chi connectivity index (χ3v) is 5.18. The van der Waals surface area contributed by atoms with Crippen molar-refractivity contribution in [3.63, 3.8) is 0 Å². The number of amides is 1. The van der Waals surface area contributed by atoms with Crippen molar-refractivity contribution < 1.29 is 14.7 Å². The van der Waals surface area contributed by atoms with E-state index >= 15 is 0 Å². The molecule has 1 amide bonds.